The molecule has 1 N–H and O–H groups in total. The van der Waals surface area contributed by atoms with Gasteiger partial charge in [0.2, 0.25) is 0 Å². The van der Waals surface area contributed by atoms with Crippen LogP contribution >= 0.6 is 0 Å². The molecule has 84 valence electrons. The Labute approximate surface area is 94.5 Å². The molecule has 1 aliphatic heterocycles. The Balaban J connectivity index is 2.08. The van der Waals surface area contributed by atoms with Crippen LogP contribution in [0, 0.1) is 18.3 Å². The number of nitriles is 1. The van der Waals surface area contributed by atoms with Crippen molar-refractivity contribution in [3.05, 3.63) is 17.5 Å². The third-order valence-electron chi connectivity index (χ3n) is 2.47. The average molecular weight is 218 g/mol. The molecule has 0 aliphatic carbocycles. The molecule has 0 radical (unpaired) electrons. The molecule has 0 spiro atoms. The summed E-state index contributed by atoms with van der Waals surface area (Å²) in [4.78, 5) is 8.19. The number of hydrogen-bond acceptors (Lipinski definition) is 5. The van der Waals surface area contributed by atoms with Gasteiger partial charge in [0.25, 0.3) is 0 Å². The summed E-state index contributed by atoms with van der Waals surface area (Å²) >= 11 is 0. The second-order valence-corrected chi connectivity index (χ2v) is 3.88. The summed E-state index contributed by atoms with van der Waals surface area (Å²) in [6.45, 7) is 3.69. The van der Waals surface area contributed by atoms with Gasteiger partial charge in [-0.3, -0.25) is 0 Å². The fourth-order valence-electron chi connectivity index (χ4n) is 1.72. The zero-order chi connectivity index (χ0) is 11.4. The number of aromatic nitrogens is 2. The minimum atomic E-state index is 0.113. The van der Waals surface area contributed by atoms with Crippen molar-refractivity contribution >= 4 is 0 Å². The zero-order valence-electron chi connectivity index (χ0n) is 9.23. The van der Waals surface area contributed by atoms with E-state index < -0.39 is 0 Å². The predicted molar refractivity (Wildman–Crippen MR) is 58.0 cm³/mol. The maximum absolute atomic E-state index is 8.78. The highest BCUT2D eigenvalue weighted by Crippen LogP contribution is 2.12. The summed E-state index contributed by atoms with van der Waals surface area (Å²) in [6.07, 6.45) is 2.22. The van der Waals surface area contributed by atoms with E-state index in [4.69, 9.17) is 10.00 Å². The third kappa shape index (κ3) is 2.67. The Hall–Kier alpha value is -1.67. The first-order valence-electron chi connectivity index (χ1n) is 5.41. The van der Waals surface area contributed by atoms with E-state index in [1.807, 2.05) is 13.0 Å². The Kier molecular flexibility index (Phi) is 3.32. The van der Waals surface area contributed by atoms with Crippen molar-refractivity contribution in [3.8, 4) is 12.1 Å². The van der Waals surface area contributed by atoms with Crippen molar-refractivity contribution in [2.45, 2.75) is 25.9 Å². The van der Waals surface area contributed by atoms with Gasteiger partial charge in [0, 0.05) is 12.2 Å². The van der Waals surface area contributed by atoms with Crippen LogP contribution in [-0.4, -0.2) is 29.2 Å². The summed E-state index contributed by atoms with van der Waals surface area (Å²) < 4.78 is 5.64. The highest BCUT2D eigenvalue weighted by Gasteiger charge is 2.16. The number of nitrogens with one attached hydrogen (secondary N) is 1. The standard InChI is InChI=1S/C11H14N4O/c1-8-5-9(6-12)15-11(14-8)16-10-3-2-4-13-7-10/h5,10,13H,2-4,7H2,1H3/t10-/m0/s1. The molecule has 16 heavy (non-hydrogen) atoms. The van der Waals surface area contributed by atoms with Crippen molar-refractivity contribution in [1.82, 2.24) is 15.3 Å². The number of ether oxygens (including phenoxy) is 1. The SMILES string of the molecule is Cc1cc(C#N)nc(O[C@H]2CCCNC2)n1. The Morgan fingerprint density at radius 2 is 2.44 bits per heavy atom. The van der Waals surface area contributed by atoms with Crippen molar-refractivity contribution in [1.29, 1.82) is 5.26 Å². The lowest BCUT2D eigenvalue weighted by Gasteiger charge is -2.22. The van der Waals surface area contributed by atoms with E-state index in [0.717, 1.165) is 31.6 Å². The van der Waals surface area contributed by atoms with E-state index in [0.29, 0.717) is 11.7 Å². The molecule has 5 heteroatoms. The molecule has 1 atom stereocenters. The second-order valence-electron chi connectivity index (χ2n) is 3.88. The smallest absolute Gasteiger partial charge is 0.318 e. The van der Waals surface area contributed by atoms with E-state index >= 15 is 0 Å². The third-order valence-corrected chi connectivity index (χ3v) is 2.47. The first-order chi connectivity index (χ1) is 7.78. The van der Waals surface area contributed by atoms with Gasteiger partial charge in [-0.25, -0.2) is 4.98 Å². The van der Waals surface area contributed by atoms with Crippen molar-refractivity contribution in [3.63, 3.8) is 0 Å². The average Bonchev–Trinajstić information content (AvgIpc) is 2.29. The van der Waals surface area contributed by atoms with Gasteiger partial charge >= 0.3 is 6.01 Å². The van der Waals surface area contributed by atoms with Crippen LogP contribution in [0.15, 0.2) is 6.07 Å². The Bertz CT molecular complexity index is 407. The number of rotatable bonds is 2. The van der Waals surface area contributed by atoms with Crippen molar-refractivity contribution in [2.75, 3.05) is 13.1 Å². The molecule has 0 unspecified atom stereocenters. The summed E-state index contributed by atoms with van der Waals surface area (Å²) in [5.74, 6) is 0. The number of aryl methyl sites for hydroxylation is 1. The summed E-state index contributed by atoms with van der Waals surface area (Å²) in [5.41, 5.74) is 1.11. The van der Waals surface area contributed by atoms with Crippen molar-refractivity contribution in [2.24, 2.45) is 0 Å². The summed E-state index contributed by atoms with van der Waals surface area (Å²) in [7, 11) is 0. The second kappa shape index (κ2) is 4.90. The van der Waals surface area contributed by atoms with Crippen LogP contribution in [0.5, 0.6) is 6.01 Å². The molecule has 0 saturated carbocycles. The van der Waals surface area contributed by atoms with Crippen LogP contribution in [0.4, 0.5) is 0 Å². The fraction of sp³-hybridized carbons (Fsp3) is 0.545. The van der Waals surface area contributed by atoms with E-state index in [9.17, 15) is 0 Å². The van der Waals surface area contributed by atoms with Gasteiger partial charge in [-0.2, -0.15) is 10.2 Å². The predicted octanol–water partition coefficient (Wildman–Crippen LogP) is 0.787. The van der Waals surface area contributed by atoms with E-state index in [-0.39, 0.29) is 6.10 Å². The fourth-order valence-corrected chi connectivity index (χ4v) is 1.72. The van der Waals surface area contributed by atoms with Gasteiger partial charge in [-0.15, -0.1) is 0 Å². The van der Waals surface area contributed by atoms with E-state index in [2.05, 4.69) is 15.3 Å². The normalized spacial score (nSPS) is 20.1. The van der Waals surface area contributed by atoms with Crippen LogP contribution in [0.3, 0.4) is 0 Å². The van der Waals surface area contributed by atoms with Crippen LogP contribution in [0.2, 0.25) is 0 Å². The van der Waals surface area contributed by atoms with Gasteiger partial charge in [0.1, 0.15) is 17.9 Å². The Morgan fingerprint density at radius 3 is 3.12 bits per heavy atom. The van der Waals surface area contributed by atoms with E-state index in [1.54, 1.807) is 6.07 Å². The lowest BCUT2D eigenvalue weighted by Crippen LogP contribution is -2.37. The largest absolute Gasteiger partial charge is 0.459 e. The van der Waals surface area contributed by atoms with Gasteiger partial charge < -0.3 is 10.1 Å². The zero-order valence-corrected chi connectivity index (χ0v) is 9.23. The van der Waals surface area contributed by atoms with Gasteiger partial charge in [0.15, 0.2) is 0 Å². The molecule has 0 aromatic carbocycles. The van der Waals surface area contributed by atoms with Gasteiger partial charge in [-0.1, -0.05) is 0 Å². The maximum atomic E-state index is 8.78. The molecule has 5 nitrogen and oxygen atoms in total. The molecule has 1 saturated heterocycles. The molecular formula is C11H14N4O. The molecule has 1 fully saturated rings. The van der Waals surface area contributed by atoms with Gasteiger partial charge in [0.05, 0.1) is 0 Å². The molecule has 1 aromatic rings. The molecular weight excluding hydrogens is 204 g/mol. The minimum Gasteiger partial charge on any atom is -0.459 e. The first-order valence-corrected chi connectivity index (χ1v) is 5.41. The highest BCUT2D eigenvalue weighted by molar-refractivity contribution is 5.23. The van der Waals surface area contributed by atoms with Crippen LogP contribution < -0.4 is 10.1 Å². The quantitative estimate of drug-likeness (QED) is 0.794. The first kappa shape index (κ1) is 10.8. The number of piperidine rings is 1. The van der Waals surface area contributed by atoms with Crippen LogP contribution in [0.25, 0.3) is 0 Å². The molecule has 1 aliphatic rings. The number of hydrogen-bond donors (Lipinski definition) is 1. The molecule has 2 heterocycles. The highest BCUT2D eigenvalue weighted by atomic mass is 16.5. The minimum absolute atomic E-state index is 0.113. The van der Waals surface area contributed by atoms with Crippen molar-refractivity contribution < 1.29 is 4.74 Å². The van der Waals surface area contributed by atoms with Crippen LogP contribution in [-0.2, 0) is 0 Å². The maximum Gasteiger partial charge on any atom is 0.318 e. The molecule has 1 aromatic heterocycles. The monoisotopic (exact) mass is 218 g/mol. The lowest BCUT2D eigenvalue weighted by molar-refractivity contribution is 0.153. The van der Waals surface area contributed by atoms with Gasteiger partial charge in [-0.05, 0) is 32.4 Å². The van der Waals surface area contributed by atoms with E-state index in [1.165, 1.54) is 0 Å². The summed E-state index contributed by atoms with van der Waals surface area (Å²) in [6, 6.07) is 3.95. The molecule has 0 amide bonds. The Morgan fingerprint density at radius 1 is 1.56 bits per heavy atom. The number of nitrogens with zero attached hydrogens (tertiary/aromatic N) is 3. The topological polar surface area (TPSA) is 70.8 Å². The lowest BCUT2D eigenvalue weighted by atomic mass is 10.1. The summed E-state index contributed by atoms with van der Waals surface area (Å²) in [5, 5.41) is 12.0. The molecule has 0 bridgehead atoms. The van der Waals surface area contributed by atoms with Crippen LogP contribution in [0.1, 0.15) is 24.2 Å². The molecule has 2 rings (SSSR count).